The molecule has 2 aliphatic carbocycles. The van der Waals surface area contributed by atoms with Gasteiger partial charge in [-0.05, 0) is 47.5 Å². The fourth-order valence-electron chi connectivity index (χ4n) is 6.49. The van der Waals surface area contributed by atoms with Crippen LogP contribution in [-0.2, 0) is 25.7 Å². The topological polar surface area (TPSA) is 101 Å². The molecule has 2 aromatic rings. The van der Waals surface area contributed by atoms with Crippen LogP contribution < -0.4 is 0 Å². The van der Waals surface area contributed by atoms with E-state index in [1.54, 1.807) is 18.2 Å². The fraction of sp³-hybridized carbons (Fsp3) is 0.478. The molecule has 3 aliphatic rings. The first kappa shape index (κ1) is 20.8. The van der Waals surface area contributed by atoms with E-state index >= 15 is 0 Å². The van der Waals surface area contributed by atoms with Gasteiger partial charge in [0.25, 0.3) is 0 Å². The van der Waals surface area contributed by atoms with Crippen molar-refractivity contribution in [1.82, 2.24) is 0 Å². The van der Waals surface area contributed by atoms with E-state index in [1.165, 1.54) is 6.07 Å². The number of benzene rings is 2. The largest absolute Gasteiger partial charge is 0.589 e. The van der Waals surface area contributed by atoms with Crippen molar-refractivity contribution in [3.05, 3.63) is 52.7 Å². The number of amides is 1. The summed E-state index contributed by atoms with van der Waals surface area (Å²) in [6.45, 7) is 3.59. The molecule has 1 amide bonds. The van der Waals surface area contributed by atoms with Crippen molar-refractivity contribution in [3.63, 3.8) is 0 Å². The number of carbonyl (C=O) groups is 2. The molecule has 0 saturated heterocycles. The predicted molar refractivity (Wildman–Crippen MR) is 114 cm³/mol. The van der Waals surface area contributed by atoms with Crippen molar-refractivity contribution >= 4 is 33.1 Å². The maximum absolute atomic E-state index is 13.5. The Morgan fingerprint density at radius 2 is 1.94 bits per heavy atom. The molecule has 4 unspecified atom stereocenters. The number of hydrogen-bond acceptors (Lipinski definition) is 6. The zero-order chi connectivity index (χ0) is 22.2. The van der Waals surface area contributed by atoms with Gasteiger partial charge in [-0.15, -0.1) is 4.81 Å². The first-order chi connectivity index (χ1) is 14.5. The van der Waals surface area contributed by atoms with Crippen molar-refractivity contribution in [2.24, 2.45) is 22.7 Å². The summed E-state index contributed by atoms with van der Waals surface area (Å²) in [5.74, 6) is -1.34. The Bertz CT molecular complexity index is 1220. The number of hydrogen-bond donors (Lipinski definition) is 0. The molecule has 2 bridgehead atoms. The minimum Gasteiger partial charge on any atom is -0.589 e. The van der Waals surface area contributed by atoms with E-state index in [0.29, 0.717) is 23.8 Å². The molecule has 0 aromatic heterocycles. The van der Waals surface area contributed by atoms with Gasteiger partial charge >= 0.3 is 16.0 Å². The maximum Gasteiger partial charge on any atom is 0.380 e. The molecule has 1 aliphatic heterocycles. The van der Waals surface area contributed by atoms with Gasteiger partial charge in [-0.2, -0.15) is 8.42 Å². The summed E-state index contributed by atoms with van der Waals surface area (Å²) >= 11 is 0. The molecule has 2 aromatic carbocycles. The van der Waals surface area contributed by atoms with E-state index in [4.69, 9.17) is 4.28 Å². The smallest absolute Gasteiger partial charge is 0.380 e. The van der Waals surface area contributed by atoms with Crippen LogP contribution in [0.1, 0.15) is 49.0 Å². The molecule has 0 N–H and O–H groups in total. The molecular formula is C23H25NO6S. The predicted octanol–water partition coefficient (Wildman–Crippen LogP) is 3.71. The summed E-state index contributed by atoms with van der Waals surface area (Å²) < 4.78 is 31.4. The summed E-state index contributed by atoms with van der Waals surface area (Å²) in [7, 11) is -4.35. The average molecular weight is 444 g/mol. The van der Waals surface area contributed by atoms with Crippen LogP contribution in [-0.4, -0.2) is 31.2 Å². The van der Waals surface area contributed by atoms with Crippen molar-refractivity contribution in [2.75, 3.05) is 5.75 Å². The lowest BCUT2D eigenvalue weighted by atomic mass is 9.71. The first-order valence-corrected chi connectivity index (χ1v) is 12.1. The summed E-state index contributed by atoms with van der Waals surface area (Å²) in [6.07, 6.45) is 2.82. The molecule has 4 atom stereocenters. The van der Waals surface area contributed by atoms with Gasteiger partial charge in [0.05, 0.1) is 11.3 Å². The zero-order valence-electron chi connectivity index (χ0n) is 17.5. The van der Waals surface area contributed by atoms with E-state index in [2.05, 4.69) is 0 Å². The third-order valence-electron chi connectivity index (χ3n) is 8.14. The van der Waals surface area contributed by atoms with Gasteiger partial charge in [-0.1, -0.05) is 48.5 Å². The highest BCUT2D eigenvalue weighted by Gasteiger charge is 2.64. The number of hydroxylamine groups is 4. The Morgan fingerprint density at radius 3 is 2.61 bits per heavy atom. The molecular weight excluding hydrogens is 418 g/mol. The molecule has 164 valence electrons. The number of carbonyl (C=O) groups excluding carboxylic acids is 2. The van der Waals surface area contributed by atoms with Gasteiger partial charge in [-0.25, -0.2) is 4.79 Å². The minimum atomic E-state index is -4.35. The van der Waals surface area contributed by atoms with E-state index in [1.807, 2.05) is 26.0 Å². The van der Waals surface area contributed by atoms with Crippen LogP contribution in [0.2, 0.25) is 0 Å². The zero-order valence-corrected chi connectivity index (χ0v) is 18.4. The third-order valence-corrected chi connectivity index (χ3v) is 9.52. The summed E-state index contributed by atoms with van der Waals surface area (Å²) in [6, 6.07) is 10.4. The van der Waals surface area contributed by atoms with Gasteiger partial charge in [0.1, 0.15) is 12.8 Å². The summed E-state index contributed by atoms with van der Waals surface area (Å²) in [5, 5.41) is 15.0. The summed E-state index contributed by atoms with van der Waals surface area (Å²) in [5.41, 5.74) is -0.254. The number of aldehydes is 1. The van der Waals surface area contributed by atoms with Crippen LogP contribution in [0, 0.1) is 27.9 Å². The van der Waals surface area contributed by atoms with Crippen molar-refractivity contribution < 1.29 is 27.1 Å². The standard InChI is InChI=1S/C23H25NO6S/c1-22(2)19-9-10-23(22,11-17(19)13-25)14-31(28,29)30-24(27)12-16-7-3-5-15-6-4-8-18(20(15)16)21(24)26/h3-8,13,17,19H,9-12,14H2,1-2H3. The number of nitrogens with zero attached hydrogens (tertiary/aromatic N) is 1. The highest BCUT2D eigenvalue weighted by Crippen LogP contribution is 2.68. The summed E-state index contributed by atoms with van der Waals surface area (Å²) in [4.78, 5) is 22.7. The van der Waals surface area contributed by atoms with Gasteiger partial charge < -0.3 is 10.0 Å². The molecule has 7 nitrogen and oxygen atoms in total. The second-order valence-electron chi connectivity index (χ2n) is 9.89. The quantitative estimate of drug-likeness (QED) is 0.397. The Labute approximate surface area is 181 Å². The molecule has 1 heterocycles. The van der Waals surface area contributed by atoms with Gasteiger partial charge in [0, 0.05) is 16.9 Å². The number of fused-ring (bicyclic) bond motifs is 2. The molecule has 0 spiro atoms. The highest BCUT2D eigenvalue weighted by molar-refractivity contribution is 7.86. The monoisotopic (exact) mass is 443 g/mol. The molecule has 31 heavy (non-hydrogen) atoms. The number of rotatable bonds is 5. The van der Waals surface area contributed by atoms with Gasteiger partial charge in [0.2, 0.25) is 0 Å². The fourth-order valence-corrected chi connectivity index (χ4v) is 8.34. The minimum absolute atomic E-state index is 0.122. The maximum atomic E-state index is 13.5. The third kappa shape index (κ3) is 2.85. The Morgan fingerprint density at radius 1 is 1.23 bits per heavy atom. The van der Waals surface area contributed by atoms with Crippen LogP contribution in [0.4, 0.5) is 0 Å². The average Bonchev–Trinajstić information content (AvgIpc) is 3.06. The van der Waals surface area contributed by atoms with Crippen LogP contribution in [0.15, 0.2) is 36.4 Å². The van der Waals surface area contributed by atoms with E-state index in [-0.39, 0.29) is 28.6 Å². The number of quaternary nitrogens is 1. The molecule has 8 heteroatoms. The lowest BCUT2D eigenvalue weighted by Gasteiger charge is -2.41. The van der Waals surface area contributed by atoms with Crippen molar-refractivity contribution in [1.29, 1.82) is 0 Å². The van der Waals surface area contributed by atoms with Gasteiger partial charge in [-0.3, -0.25) is 0 Å². The molecule has 5 rings (SSSR count). The second kappa shape index (κ2) is 6.45. The Hall–Kier alpha value is -2.13. The molecule has 0 radical (unpaired) electrons. The highest BCUT2D eigenvalue weighted by atomic mass is 32.2. The van der Waals surface area contributed by atoms with Crippen LogP contribution in [0.5, 0.6) is 0 Å². The SMILES string of the molecule is CC1(C)C2CCC1(CS(=O)(=O)O[N+]1([O-])Cc3cccc4cccc(c34)C1=O)CC2C=O. The lowest BCUT2D eigenvalue weighted by Crippen LogP contribution is -2.51. The van der Waals surface area contributed by atoms with E-state index in [0.717, 1.165) is 18.1 Å². The second-order valence-corrected chi connectivity index (χ2v) is 11.4. The van der Waals surface area contributed by atoms with E-state index in [9.17, 15) is 23.2 Å². The Kier molecular flexibility index (Phi) is 4.32. The first-order valence-electron chi connectivity index (χ1n) is 10.6. The molecule has 2 saturated carbocycles. The molecule has 2 fully saturated rings. The van der Waals surface area contributed by atoms with Gasteiger partial charge in [0.15, 0.2) is 0 Å². The lowest BCUT2D eigenvalue weighted by molar-refractivity contribution is -0.983. The Balaban J connectivity index is 1.47. The van der Waals surface area contributed by atoms with Crippen molar-refractivity contribution in [3.8, 4) is 0 Å². The van der Waals surface area contributed by atoms with Crippen LogP contribution >= 0.6 is 0 Å². The van der Waals surface area contributed by atoms with E-state index < -0.39 is 32.8 Å². The van der Waals surface area contributed by atoms with Crippen LogP contribution in [0.3, 0.4) is 0 Å². The normalized spacial score (nSPS) is 33.7. The van der Waals surface area contributed by atoms with Crippen LogP contribution in [0.25, 0.3) is 10.8 Å². The van der Waals surface area contributed by atoms with Crippen molar-refractivity contribution in [2.45, 2.75) is 39.7 Å².